The molecule has 4 rings (SSSR count). The van der Waals surface area contributed by atoms with Gasteiger partial charge in [0.25, 0.3) is 11.6 Å². The number of fused-ring (bicyclic) bond motifs is 1. The molecule has 0 bridgehead atoms. The first-order valence-electron chi connectivity index (χ1n) is 10.3. The smallest absolute Gasteiger partial charge is 0.270 e. The number of aromatic nitrogens is 2. The van der Waals surface area contributed by atoms with Crippen molar-refractivity contribution >= 4 is 11.6 Å². The number of hydrogen-bond acceptors (Lipinski definition) is 8. The molecule has 0 saturated heterocycles. The molecule has 2 heterocycles. The Bertz CT molecular complexity index is 1130. The molecule has 3 aromatic rings. The van der Waals surface area contributed by atoms with Crippen LogP contribution < -0.4 is 9.47 Å². The number of ether oxygens (including phenoxy) is 2. The molecule has 2 aromatic carbocycles. The molecule has 10 heteroatoms. The minimum absolute atomic E-state index is 0.114. The zero-order valence-corrected chi connectivity index (χ0v) is 17.5. The molecule has 1 aliphatic rings. The summed E-state index contributed by atoms with van der Waals surface area (Å²) in [6.45, 7) is 3.10. The van der Waals surface area contributed by atoms with E-state index >= 15 is 0 Å². The Hall–Kier alpha value is -3.95. The van der Waals surface area contributed by atoms with E-state index in [1.165, 1.54) is 18.2 Å². The van der Waals surface area contributed by atoms with Crippen molar-refractivity contribution in [3.63, 3.8) is 0 Å². The van der Waals surface area contributed by atoms with E-state index in [-0.39, 0.29) is 24.0 Å². The predicted octanol–water partition coefficient (Wildman–Crippen LogP) is 3.86. The molecule has 0 aliphatic carbocycles. The van der Waals surface area contributed by atoms with Crippen LogP contribution in [0.2, 0.25) is 0 Å². The monoisotopic (exact) mass is 438 g/mol. The molecular weight excluding hydrogens is 416 g/mol. The second-order valence-electron chi connectivity index (χ2n) is 7.28. The van der Waals surface area contributed by atoms with Gasteiger partial charge in [0.15, 0.2) is 11.5 Å². The number of carbonyl (C=O) groups is 1. The van der Waals surface area contributed by atoms with Crippen molar-refractivity contribution in [1.29, 1.82) is 0 Å². The third kappa shape index (κ3) is 4.69. The van der Waals surface area contributed by atoms with Crippen molar-refractivity contribution < 1.29 is 23.7 Å². The molecule has 0 spiro atoms. The van der Waals surface area contributed by atoms with Gasteiger partial charge in [-0.25, -0.2) is 0 Å². The van der Waals surface area contributed by atoms with Crippen LogP contribution in [0.5, 0.6) is 11.5 Å². The highest BCUT2D eigenvalue weighted by molar-refractivity contribution is 5.94. The Balaban J connectivity index is 1.45. The average Bonchev–Trinajstić information content (AvgIpc) is 3.48. The van der Waals surface area contributed by atoms with Gasteiger partial charge in [-0.2, -0.15) is 4.98 Å². The number of unbranched alkanes of at least 4 members (excludes halogenated alkanes) is 1. The fraction of sp³-hybridized carbons (Fsp3) is 0.318. The summed E-state index contributed by atoms with van der Waals surface area (Å²) in [5.74, 6) is 1.85. The third-order valence-electron chi connectivity index (χ3n) is 5.07. The van der Waals surface area contributed by atoms with Crippen LogP contribution in [0.15, 0.2) is 47.0 Å². The van der Waals surface area contributed by atoms with E-state index in [1.54, 1.807) is 23.1 Å². The fourth-order valence-corrected chi connectivity index (χ4v) is 3.34. The first-order valence-corrected chi connectivity index (χ1v) is 10.3. The molecule has 1 aliphatic heterocycles. The molecule has 0 fully saturated rings. The van der Waals surface area contributed by atoms with Crippen LogP contribution in [0.4, 0.5) is 5.69 Å². The standard InChI is InChI=1S/C22H22N4O6/c1-2-3-10-25(22(27)16-5-4-6-17(12-16)26(28)29)11-9-20-23-21(24-32-20)15-7-8-18-19(13-15)31-14-30-18/h4-8,12-13H,2-3,9-11,14H2,1H3. The summed E-state index contributed by atoms with van der Waals surface area (Å²) in [7, 11) is 0. The zero-order valence-electron chi connectivity index (χ0n) is 17.5. The van der Waals surface area contributed by atoms with Crippen molar-refractivity contribution in [3.05, 3.63) is 64.0 Å². The van der Waals surface area contributed by atoms with Gasteiger partial charge >= 0.3 is 0 Å². The Kier molecular flexibility index (Phi) is 6.29. The van der Waals surface area contributed by atoms with Gasteiger partial charge in [-0.3, -0.25) is 14.9 Å². The molecule has 10 nitrogen and oxygen atoms in total. The van der Waals surface area contributed by atoms with Gasteiger partial charge in [-0.15, -0.1) is 0 Å². The maximum atomic E-state index is 13.0. The third-order valence-corrected chi connectivity index (χ3v) is 5.07. The molecule has 0 N–H and O–H groups in total. The van der Waals surface area contributed by atoms with Gasteiger partial charge in [0.05, 0.1) is 4.92 Å². The lowest BCUT2D eigenvalue weighted by atomic mass is 10.1. The SMILES string of the molecule is CCCCN(CCc1nc(-c2ccc3c(c2)OCO3)no1)C(=O)c1cccc([N+](=O)[O-])c1. The minimum Gasteiger partial charge on any atom is -0.454 e. The number of rotatable bonds is 9. The lowest BCUT2D eigenvalue weighted by molar-refractivity contribution is -0.384. The van der Waals surface area contributed by atoms with Crippen LogP contribution in [0.1, 0.15) is 36.0 Å². The Morgan fingerprint density at radius 1 is 1.16 bits per heavy atom. The molecule has 0 saturated carbocycles. The number of benzene rings is 2. The number of nitro groups is 1. The van der Waals surface area contributed by atoms with E-state index in [2.05, 4.69) is 10.1 Å². The number of hydrogen-bond donors (Lipinski definition) is 0. The van der Waals surface area contributed by atoms with Crippen LogP contribution in [0, 0.1) is 10.1 Å². The van der Waals surface area contributed by atoms with Crippen molar-refractivity contribution in [2.45, 2.75) is 26.2 Å². The van der Waals surface area contributed by atoms with Gasteiger partial charge in [0, 0.05) is 42.8 Å². The average molecular weight is 438 g/mol. The summed E-state index contributed by atoms with van der Waals surface area (Å²) in [5, 5.41) is 15.1. The quantitative estimate of drug-likeness (QED) is 0.365. The molecule has 32 heavy (non-hydrogen) atoms. The second-order valence-corrected chi connectivity index (χ2v) is 7.28. The molecule has 0 radical (unpaired) electrons. The van der Waals surface area contributed by atoms with Gasteiger partial charge in [0.2, 0.25) is 18.5 Å². The maximum absolute atomic E-state index is 13.0. The summed E-state index contributed by atoms with van der Waals surface area (Å²) in [5.41, 5.74) is 0.901. The van der Waals surface area contributed by atoms with Gasteiger partial charge < -0.3 is 18.9 Å². The number of nitrogens with zero attached hydrogens (tertiary/aromatic N) is 4. The van der Waals surface area contributed by atoms with Gasteiger partial charge in [0.1, 0.15) is 0 Å². The largest absolute Gasteiger partial charge is 0.454 e. The lowest BCUT2D eigenvalue weighted by Crippen LogP contribution is -2.34. The van der Waals surface area contributed by atoms with Crippen LogP contribution in [0.25, 0.3) is 11.4 Å². The van der Waals surface area contributed by atoms with Crippen molar-refractivity contribution in [3.8, 4) is 22.9 Å². The van der Waals surface area contributed by atoms with Gasteiger partial charge in [-0.1, -0.05) is 24.6 Å². The highest BCUT2D eigenvalue weighted by Gasteiger charge is 2.20. The number of non-ortho nitro benzene ring substituents is 1. The number of amides is 1. The Morgan fingerprint density at radius 2 is 2.00 bits per heavy atom. The van der Waals surface area contributed by atoms with E-state index in [0.29, 0.717) is 42.7 Å². The van der Waals surface area contributed by atoms with Gasteiger partial charge in [-0.05, 0) is 30.7 Å². The molecule has 0 unspecified atom stereocenters. The molecule has 166 valence electrons. The fourth-order valence-electron chi connectivity index (χ4n) is 3.34. The normalized spacial score (nSPS) is 12.0. The lowest BCUT2D eigenvalue weighted by Gasteiger charge is -2.22. The Labute approximate surface area is 183 Å². The summed E-state index contributed by atoms with van der Waals surface area (Å²) in [6.07, 6.45) is 2.09. The number of carbonyl (C=O) groups excluding carboxylic acids is 1. The first-order chi connectivity index (χ1) is 15.5. The summed E-state index contributed by atoms with van der Waals surface area (Å²) < 4.78 is 16.1. The minimum atomic E-state index is -0.511. The van der Waals surface area contributed by atoms with Crippen molar-refractivity contribution in [1.82, 2.24) is 15.0 Å². The number of nitro benzene ring substituents is 1. The predicted molar refractivity (Wildman–Crippen MR) is 113 cm³/mol. The molecular formula is C22H22N4O6. The molecule has 0 atom stereocenters. The molecule has 1 aromatic heterocycles. The Morgan fingerprint density at radius 3 is 2.81 bits per heavy atom. The van der Waals surface area contributed by atoms with E-state index in [4.69, 9.17) is 14.0 Å². The highest BCUT2D eigenvalue weighted by Crippen LogP contribution is 2.35. The second kappa shape index (κ2) is 9.46. The van der Waals surface area contributed by atoms with Crippen LogP contribution in [-0.2, 0) is 6.42 Å². The summed E-state index contributed by atoms with van der Waals surface area (Å²) >= 11 is 0. The van der Waals surface area contributed by atoms with E-state index < -0.39 is 4.92 Å². The summed E-state index contributed by atoms with van der Waals surface area (Å²) in [6, 6.07) is 11.2. The van der Waals surface area contributed by atoms with Crippen LogP contribution in [0.3, 0.4) is 0 Å². The maximum Gasteiger partial charge on any atom is 0.270 e. The van der Waals surface area contributed by atoms with Crippen molar-refractivity contribution in [2.24, 2.45) is 0 Å². The zero-order chi connectivity index (χ0) is 22.5. The molecule has 1 amide bonds. The van der Waals surface area contributed by atoms with E-state index in [1.807, 2.05) is 13.0 Å². The van der Waals surface area contributed by atoms with Crippen molar-refractivity contribution in [2.75, 3.05) is 19.9 Å². The highest BCUT2D eigenvalue weighted by atomic mass is 16.7. The van der Waals surface area contributed by atoms with Crippen LogP contribution >= 0.6 is 0 Å². The first kappa shape index (κ1) is 21.3. The van der Waals surface area contributed by atoms with E-state index in [0.717, 1.165) is 18.4 Å². The van der Waals surface area contributed by atoms with E-state index in [9.17, 15) is 14.9 Å². The van der Waals surface area contributed by atoms with Crippen LogP contribution in [-0.4, -0.2) is 45.8 Å². The summed E-state index contributed by atoms with van der Waals surface area (Å²) in [4.78, 5) is 29.6. The topological polar surface area (TPSA) is 121 Å².